The highest BCUT2D eigenvalue weighted by Gasteiger charge is 2.12. The maximum absolute atomic E-state index is 12.1. The molecule has 166 valence electrons. The van der Waals surface area contributed by atoms with Crippen LogP contribution >= 0.6 is 0 Å². The van der Waals surface area contributed by atoms with Crippen LogP contribution in [0.1, 0.15) is 39.8 Å². The minimum absolute atomic E-state index is 0.125. The van der Waals surface area contributed by atoms with E-state index in [0.29, 0.717) is 12.2 Å². The predicted molar refractivity (Wildman–Crippen MR) is 127 cm³/mol. The Morgan fingerprint density at radius 2 is 1.81 bits per heavy atom. The number of carbonyl (C=O) groups excluding carboxylic acids is 2. The smallest absolute Gasteiger partial charge is 0.338 e. The van der Waals surface area contributed by atoms with Gasteiger partial charge in [-0.25, -0.2) is 10.2 Å². The Hall–Kier alpha value is -3.87. The van der Waals surface area contributed by atoms with Crippen molar-refractivity contribution in [3.63, 3.8) is 0 Å². The quantitative estimate of drug-likeness (QED) is 0.318. The Kier molecular flexibility index (Phi) is 7.44. The van der Waals surface area contributed by atoms with Crippen LogP contribution in [0.4, 0.5) is 5.69 Å². The molecule has 1 heterocycles. The van der Waals surface area contributed by atoms with E-state index in [1.54, 1.807) is 25.3 Å². The highest BCUT2D eigenvalue weighted by Crippen LogP contribution is 2.21. The number of hydrogen-bond donors (Lipinski definition) is 2. The van der Waals surface area contributed by atoms with Gasteiger partial charge in [-0.05, 0) is 64.1 Å². The first-order valence-electron chi connectivity index (χ1n) is 10.5. The van der Waals surface area contributed by atoms with E-state index in [2.05, 4.69) is 15.8 Å². The van der Waals surface area contributed by atoms with Gasteiger partial charge in [0.2, 0.25) is 0 Å². The lowest BCUT2D eigenvalue weighted by Gasteiger charge is -2.11. The maximum Gasteiger partial charge on any atom is 0.338 e. The summed E-state index contributed by atoms with van der Waals surface area (Å²) in [7, 11) is 0. The number of hydrogen-bond acceptors (Lipinski definition) is 5. The van der Waals surface area contributed by atoms with Gasteiger partial charge in [-0.2, -0.15) is 5.10 Å². The number of nitrogens with one attached hydrogen (secondary N) is 2. The predicted octanol–water partition coefficient (Wildman–Crippen LogP) is 4.14. The van der Waals surface area contributed by atoms with Crippen molar-refractivity contribution in [2.75, 3.05) is 18.5 Å². The van der Waals surface area contributed by atoms with Crippen molar-refractivity contribution < 1.29 is 14.3 Å². The number of hydrazone groups is 1. The lowest BCUT2D eigenvalue weighted by Crippen LogP contribution is -2.25. The lowest BCUT2D eigenvalue weighted by molar-refractivity contribution is -0.119. The fraction of sp³-hybridized carbons (Fsp3) is 0.240. The Balaban J connectivity index is 1.66. The van der Waals surface area contributed by atoms with E-state index in [1.165, 1.54) is 0 Å². The third-order valence-electron chi connectivity index (χ3n) is 4.98. The van der Waals surface area contributed by atoms with Gasteiger partial charge in [0.1, 0.15) is 0 Å². The molecule has 0 aliphatic heterocycles. The van der Waals surface area contributed by atoms with Crippen molar-refractivity contribution in [1.82, 2.24) is 9.99 Å². The van der Waals surface area contributed by atoms with Crippen LogP contribution < -0.4 is 10.7 Å². The molecule has 7 nitrogen and oxygen atoms in total. The van der Waals surface area contributed by atoms with Gasteiger partial charge in [-0.15, -0.1) is 0 Å². The molecule has 0 unspecified atom stereocenters. The molecule has 3 aromatic rings. The molecule has 2 N–H and O–H groups in total. The van der Waals surface area contributed by atoms with Crippen LogP contribution in [0.2, 0.25) is 0 Å². The highest BCUT2D eigenvalue weighted by atomic mass is 16.5. The molecule has 3 rings (SSSR count). The van der Waals surface area contributed by atoms with Gasteiger partial charge in [-0.3, -0.25) is 4.79 Å². The molecular formula is C25H28N4O3. The van der Waals surface area contributed by atoms with Gasteiger partial charge in [0, 0.05) is 28.3 Å². The van der Waals surface area contributed by atoms with Gasteiger partial charge in [0.25, 0.3) is 5.91 Å². The number of carbonyl (C=O) groups is 2. The number of aromatic nitrogens is 1. The minimum atomic E-state index is -0.347. The summed E-state index contributed by atoms with van der Waals surface area (Å²) in [6.45, 7) is 8.19. The summed E-state index contributed by atoms with van der Waals surface area (Å²) in [4.78, 5) is 24.1. The van der Waals surface area contributed by atoms with Crippen molar-refractivity contribution in [3.8, 4) is 5.69 Å². The van der Waals surface area contributed by atoms with E-state index in [-0.39, 0.29) is 18.4 Å². The van der Waals surface area contributed by atoms with Crippen molar-refractivity contribution in [2.24, 2.45) is 5.10 Å². The normalized spacial score (nSPS) is 10.9. The molecule has 7 heteroatoms. The number of aryl methyl sites for hydroxylation is 2. The first kappa shape index (κ1) is 22.8. The Morgan fingerprint density at radius 3 is 2.53 bits per heavy atom. The van der Waals surface area contributed by atoms with Crippen molar-refractivity contribution in [1.29, 1.82) is 0 Å². The van der Waals surface area contributed by atoms with Crippen LogP contribution in [0, 0.1) is 20.8 Å². The van der Waals surface area contributed by atoms with Crippen LogP contribution in [0.3, 0.4) is 0 Å². The monoisotopic (exact) mass is 432 g/mol. The second-order valence-electron chi connectivity index (χ2n) is 7.45. The molecule has 0 aliphatic carbocycles. The fourth-order valence-electron chi connectivity index (χ4n) is 3.37. The molecule has 1 amide bonds. The average molecular weight is 433 g/mol. The zero-order valence-electron chi connectivity index (χ0n) is 18.8. The van der Waals surface area contributed by atoms with Crippen LogP contribution in [0.25, 0.3) is 5.69 Å². The van der Waals surface area contributed by atoms with Crippen LogP contribution in [-0.2, 0) is 9.53 Å². The third kappa shape index (κ3) is 5.63. The van der Waals surface area contributed by atoms with E-state index in [0.717, 1.165) is 33.9 Å². The standard InChI is InChI=1S/C25H28N4O3/c1-5-32-25(31)20-7-6-8-23(14-20)29-18(3)13-21(19(29)4)15-27-28-24(30)16-26-22-11-9-17(2)10-12-22/h6-15,26H,5,16H2,1-4H3,(H,28,30)/b27-15-. The van der Waals surface area contributed by atoms with Crippen molar-refractivity contribution >= 4 is 23.8 Å². The molecule has 1 aromatic heterocycles. The molecular weight excluding hydrogens is 404 g/mol. The largest absolute Gasteiger partial charge is 0.462 e. The van der Waals surface area contributed by atoms with E-state index in [9.17, 15) is 9.59 Å². The molecule has 0 saturated carbocycles. The second-order valence-corrected chi connectivity index (χ2v) is 7.45. The van der Waals surface area contributed by atoms with Crippen molar-refractivity contribution in [3.05, 3.63) is 82.7 Å². The SMILES string of the molecule is CCOC(=O)c1cccc(-n2c(C)cc(/C=N\NC(=O)CNc3ccc(C)cc3)c2C)c1. The Labute approximate surface area is 188 Å². The van der Waals surface area contributed by atoms with Crippen LogP contribution in [0.15, 0.2) is 59.7 Å². The lowest BCUT2D eigenvalue weighted by atomic mass is 10.2. The van der Waals surface area contributed by atoms with E-state index in [4.69, 9.17) is 4.74 Å². The fourth-order valence-corrected chi connectivity index (χ4v) is 3.37. The van der Waals surface area contributed by atoms with E-state index >= 15 is 0 Å². The summed E-state index contributed by atoms with van der Waals surface area (Å²) in [6, 6.07) is 17.1. The third-order valence-corrected chi connectivity index (χ3v) is 4.98. The molecule has 0 spiro atoms. The minimum Gasteiger partial charge on any atom is -0.462 e. The first-order valence-corrected chi connectivity index (χ1v) is 10.5. The molecule has 0 fully saturated rings. The first-order chi connectivity index (χ1) is 15.4. The number of amides is 1. The molecule has 2 aromatic carbocycles. The van der Waals surface area contributed by atoms with Gasteiger partial charge in [-0.1, -0.05) is 23.8 Å². The number of esters is 1. The topological polar surface area (TPSA) is 84.7 Å². The highest BCUT2D eigenvalue weighted by molar-refractivity contribution is 5.90. The average Bonchev–Trinajstić information content (AvgIpc) is 3.06. The molecule has 0 atom stereocenters. The number of nitrogens with zero attached hydrogens (tertiary/aromatic N) is 2. The summed E-state index contributed by atoms with van der Waals surface area (Å²) >= 11 is 0. The number of ether oxygens (including phenoxy) is 1. The van der Waals surface area contributed by atoms with Crippen molar-refractivity contribution in [2.45, 2.75) is 27.7 Å². The van der Waals surface area contributed by atoms with E-state index in [1.807, 2.05) is 67.8 Å². The molecule has 32 heavy (non-hydrogen) atoms. The molecule has 0 saturated heterocycles. The zero-order chi connectivity index (χ0) is 23.1. The number of benzene rings is 2. The summed E-state index contributed by atoms with van der Waals surface area (Å²) in [6.07, 6.45) is 1.62. The van der Waals surface area contributed by atoms with E-state index < -0.39 is 0 Å². The summed E-state index contributed by atoms with van der Waals surface area (Å²) < 4.78 is 7.13. The number of anilines is 1. The Morgan fingerprint density at radius 1 is 1.06 bits per heavy atom. The summed E-state index contributed by atoms with van der Waals surface area (Å²) in [5.41, 5.74) is 8.74. The van der Waals surface area contributed by atoms with Gasteiger partial charge < -0.3 is 14.6 Å². The maximum atomic E-state index is 12.1. The van der Waals surface area contributed by atoms with Gasteiger partial charge in [0.15, 0.2) is 0 Å². The van der Waals surface area contributed by atoms with Gasteiger partial charge in [0.05, 0.1) is 24.9 Å². The summed E-state index contributed by atoms with van der Waals surface area (Å²) in [5, 5.41) is 7.16. The zero-order valence-corrected chi connectivity index (χ0v) is 18.8. The summed E-state index contributed by atoms with van der Waals surface area (Å²) in [5.74, 6) is -0.585. The second kappa shape index (κ2) is 10.4. The molecule has 0 radical (unpaired) electrons. The molecule has 0 aliphatic rings. The van der Waals surface area contributed by atoms with Gasteiger partial charge >= 0.3 is 5.97 Å². The van der Waals surface area contributed by atoms with Crippen LogP contribution in [-0.4, -0.2) is 35.8 Å². The molecule has 0 bridgehead atoms. The van der Waals surface area contributed by atoms with Crippen LogP contribution in [0.5, 0.6) is 0 Å². The Bertz CT molecular complexity index is 1130. The number of rotatable bonds is 8.